The molecule has 98 valence electrons. The summed E-state index contributed by atoms with van der Waals surface area (Å²) in [5.74, 6) is -0.199. The average Bonchev–Trinajstić information content (AvgIpc) is 2.40. The summed E-state index contributed by atoms with van der Waals surface area (Å²) in [7, 11) is 1.73. The molecule has 0 aliphatic heterocycles. The van der Waals surface area contributed by atoms with Gasteiger partial charge in [0.1, 0.15) is 10.8 Å². The van der Waals surface area contributed by atoms with Crippen LogP contribution in [0.4, 0.5) is 0 Å². The van der Waals surface area contributed by atoms with E-state index in [0.29, 0.717) is 6.54 Å². The van der Waals surface area contributed by atoms with Gasteiger partial charge < -0.3 is 4.90 Å². The first-order valence-electron chi connectivity index (χ1n) is 5.85. The topological polar surface area (TPSA) is 46.1 Å². The number of aromatic nitrogens is 2. The summed E-state index contributed by atoms with van der Waals surface area (Å²) in [5.41, 5.74) is 2.51. The molecule has 0 N–H and O–H groups in total. The summed E-state index contributed by atoms with van der Waals surface area (Å²) in [4.78, 5) is 21.5. The molecule has 0 bridgehead atoms. The molecule has 0 fully saturated rings. The second-order valence-corrected chi connectivity index (χ2v) is 4.76. The minimum atomic E-state index is -0.199. The van der Waals surface area contributed by atoms with Gasteiger partial charge in [-0.25, -0.2) is 4.98 Å². The number of carbonyl (C=O) groups is 1. The maximum atomic E-state index is 12.1. The van der Waals surface area contributed by atoms with Crippen LogP contribution in [0.5, 0.6) is 0 Å². The predicted molar refractivity (Wildman–Crippen MR) is 74.0 cm³/mol. The molecule has 0 saturated heterocycles. The first-order valence-corrected chi connectivity index (χ1v) is 6.22. The molecule has 5 heteroatoms. The van der Waals surface area contributed by atoms with Gasteiger partial charge >= 0.3 is 0 Å². The first-order chi connectivity index (χ1) is 9.06. The van der Waals surface area contributed by atoms with E-state index in [0.717, 1.165) is 5.56 Å². The van der Waals surface area contributed by atoms with Crippen LogP contribution in [0.25, 0.3) is 0 Å². The van der Waals surface area contributed by atoms with E-state index in [1.54, 1.807) is 11.9 Å². The van der Waals surface area contributed by atoms with Crippen LogP contribution in [0, 0.1) is 6.92 Å². The van der Waals surface area contributed by atoms with Crippen molar-refractivity contribution in [2.45, 2.75) is 13.5 Å². The fraction of sp³-hybridized carbons (Fsp3) is 0.214. The fourth-order valence-electron chi connectivity index (χ4n) is 1.68. The SMILES string of the molecule is Cc1ccc(CN(C)C(=O)c2cncc(Cl)n2)cc1. The zero-order valence-corrected chi connectivity index (χ0v) is 11.6. The lowest BCUT2D eigenvalue weighted by Gasteiger charge is -2.16. The quantitative estimate of drug-likeness (QED) is 0.865. The minimum absolute atomic E-state index is 0.199. The molecule has 0 radical (unpaired) electrons. The third-order valence-corrected chi connectivity index (χ3v) is 2.89. The maximum Gasteiger partial charge on any atom is 0.274 e. The van der Waals surface area contributed by atoms with Crippen molar-refractivity contribution in [3.63, 3.8) is 0 Å². The molecule has 2 rings (SSSR count). The molecule has 0 aliphatic carbocycles. The average molecular weight is 276 g/mol. The Labute approximate surface area is 117 Å². The van der Waals surface area contributed by atoms with Crippen molar-refractivity contribution >= 4 is 17.5 Å². The van der Waals surface area contributed by atoms with Crippen LogP contribution in [-0.2, 0) is 6.54 Å². The van der Waals surface area contributed by atoms with Crippen LogP contribution in [0.15, 0.2) is 36.7 Å². The van der Waals surface area contributed by atoms with Crippen LogP contribution in [-0.4, -0.2) is 27.8 Å². The predicted octanol–water partition coefficient (Wildman–Crippen LogP) is 2.71. The third kappa shape index (κ3) is 3.51. The van der Waals surface area contributed by atoms with E-state index in [9.17, 15) is 4.79 Å². The number of nitrogens with zero attached hydrogens (tertiary/aromatic N) is 3. The lowest BCUT2D eigenvalue weighted by molar-refractivity contribution is 0.0779. The Bertz CT molecular complexity index is 583. The van der Waals surface area contributed by atoms with Crippen molar-refractivity contribution in [2.75, 3.05) is 7.05 Å². The van der Waals surface area contributed by atoms with Gasteiger partial charge in [-0.2, -0.15) is 0 Å². The molecule has 0 spiro atoms. The summed E-state index contributed by atoms with van der Waals surface area (Å²) < 4.78 is 0. The zero-order valence-electron chi connectivity index (χ0n) is 10.8. The van der Waals surface area contributed by atoms with E-state index < -0.39 is 0 Å². The van der Waals surface area contributed by atoms with Crippen LogP contribution in [0.3, 0.4) is 0 Å². The van der Waals surface area contributed by atoms with E-state index in [4.69, 9.17) is 11.6 Å². The van der Waals surface area contributed by atoms with Crippen molar-refractivity contribution < 1.29 is 4.79 Å². The Morgan fingerprint density at radius 3 is 2.58 bits per heavy atom. The van der Waals surface area contributed by atoms with Gasteiger partial charge in [0.05, 0.1) is 12.4 Å². The summed E-state index contributed by atoms with van der Waals surface area (Å²) >= 11 is 5.73. The largest absolute Gasteiger partial charge is 0.336 e. The van der Waals surface area contributed by atoms with E-state index in [1.165, 1.54) is 18.0 Å². The Morgan fingerprint density at radius 1 is 1.26 bits per heavy atom. The van der Waals surface area contributed by atoms with Gasteiger partial charge in [0.25, 0.3) is 5.91 Å². The molecule has 19 heavy (non-hydrogen) atoms. The van der Waals surface area contributed by atoms with Gasteiger partial charge in [-0.05, 0) is 12.5 Å². The fourth-order valence-corrected chi connectivity index (χ4v) is 1.83. The van der Waals surface area contributed by atoms with Crippen molar-refractivity contribution in [3.05, 3.63) is 58.6 Å². The number of halogens is 1. The molecule has 0 aliphatic rings. The van der Waals surface area contributed by atoms with Crippen molar-refractivity contribution in [2.24, 2.45) is 0 Å². The van der Waals surface area contributed by atoms with Crippen molar-refractivity contribution in [1.29, 1.82) is 0 Å². The second-order valence-electron chi connectivity index (χ2n) is 4.37. The summed E-state index contributed by atoms with van der Waals surface area (Å²) in [5, 5.41) is 0.217. The normalized spacial score (nSPS) is 10.3. The Morgan fingerprint density at radius 2 is 1.95 bits per heavy atom. The number of aryl methyl sites for hydroxylation is 1. The van der Waals surface area contributed by atoms with Gasteiger partial charge in [-0.1, -0.05) is 41.4 Å². The number of hydrogen-bond donors (Lipinski definition) is 0. The standard InChI is InChI=1S/C14H14ClN3O/c1-10-3-5-11(6-4-10)9-18(2)14(19)12-7-16-8-13(15)17-12/h3-8H,9H2,1-2H3. The maximum absolute atomic E-state index is 12.1. The Kier molecular flexibility index (Phi) is 4.12. The molecule has 1 heterocycles. The first kappa shape index (κ1) is 13.5. The van der Waals surface area contributed by atoms with Crippen LogP contribution < -0.4 is 0 Å². The molecule has 4 nitrogen and oxygen atoms in total. The highest BCUT2D eigenvalue weighted by Crippen LogP contribution is 2.09. The molecule has 1 aromatic carbocycles. The van der Waals surface area contributed by atoms with Gasteiger partial charge in [0.15, 0.2) is 0 Å². The van der Waals surface area contributed by atoms with Crippen LogP contribution in [0.1, 0.15) is 21.6 Å². The van der Waals surface area contributed by atoms with Crippen molar-refractivity contribution in [3.8, 4) is 0 Å². The minimum Gasteiger partial charge on any atom is -0.336 e. The number of hydrogen-bond acceptors (Lipinski definition) is 3. The van der Waals surface area contributed by atoms with E-state index >= 15 is 0 Å². The summed E-state index contributed by atoms with van der Waals surface area (Å²) in [6, 6.07) is 8.05. The van der Waals surface area contributed by atoms with Gasteiger partial charge in [-0.15, -0.1) is 0 Å². The molecular weight excluding hydrogens is 262 g/mol. The van der Waals surface area contributed by atoms with Crippen LogP contribution in [0.2, 0.25) is 5.15 Å². The van der Waals surface area contributed by atoms with E-state index in [1.807, 2.05) is 31.2 Å². The zero-order chi connectivity index (χ0) is 13.8. The summed E-state index contributed by atoms with van der Waals surface area (Å²) in [6.45, 7) is 2.55. The molecule has 2 aromatic rings. The molecule has 0 atom stereocenters. The Hall–Kier alpha value is -1.94. The monoisotopic (exact) mass is 275 g/mol. The molecule has 0 saturated carbocycles. The lowest BCUT2D eigenvalue weighted by Crippen LogP contribution is -2.27. The molecule has 0 unspecified atom stereocenters. The highest BCUT2D eigenvalue weighted by atomic mass is 35.5. The number of amides is 1. The highest BCUT2D eigenvalue weighted by molar-refractivity contribution is 6.29. The number of rotatable bonds is 3. The molecule has 1 amide bonds. The molecular formula is C14H14ClN3O. The van der Waals surface area contributed by atoms with Gasteiger partial charge in [-0.3, -0.25) is 9.78 Å². The van der Waals surface area contributed by atoms with Crippen molar-refractivity contribution in [1.82, 2.24) is 14.9 Å². The van der Waals surface area contributed by atoms with E-state index in [-0.39, 0.29) is 16.8 Å². The van der Waals surface area contributed by atoms with Gasteiger partial charge in [0, 0.05) is 13.6 Å². The highest BCUT2D eigenvalue weighted by Gasteiger charge is 2.14. The summed E-state index contributed by atoms with van der Waals surface area (Å²) in [6.07, 6.45) is 2.82. The van der Waals surface area contributed by atoms with Gasteiger partial charge in [0.2, 0.25) is 0 Å². The third-order valence-electron chi connectivity index (χ3n) is 2.71. The smallest absolute Gasteiger partial charge is 0.274 e. The molecule has 1 aromatic heterocycles. The van der Waals surface area contributed by atoms with Crippen LogP contribution >= 0.6 is 11.6 Å². The number of benzene rings is 1. The lowest BCUT2D eigenvalue weighted by atomic mass is 10.1. The second kappa shape index (κ2) is 5.80. The Balaban J connectivity index is 2.09. The number of carbonyl (C=O) groups excluding carboxylic acids is 1. The van der Waals surface area contributed by atoms with E-state index in [2.05, 4.69) is 9.97 Å².